The number of halogens is 2. The first-order valence-corrected chi connectivity index (χ1v) is 15.7. The van der Waals surface area contributed by atoms with Crippen molar-refractivity contribution in [3.05, 3.63) is 68.1 Å². The smallest absolute Gasteiger partial charge is 0.300 e. The van der Waals surface area contributed by atoms with Crippen LogP contribution in [-0.2, 0) is 14.6 Å². The van der Waals surface area contributed by atoms with Crippen LogP contribution in [0.5, 0.6) is 5.75 Å². The minimum atomic E-state index is -3.51. The number of nitrogens with zero attached hydrogens (tertiary/aromatic N) is 1. The van der Waals surface area contributed by atoms with E-state index in [9.17, 15) is 23.1 Å². The molecule has 4 rings (SSSR count). The molecule has 0 aliphatic carbocycles. The number of carbonyl (C=O) groups excluding carboxylic acids is 1. The number of β-amino-alcohol motifs (C(OH)–C–C–N with tert-alkyl or cyclic N) is 1. The van der Waals surface area contributed by atoms with Gasteiger partial charge in [-0.05, 0) is 49.6 Å². The van der Waals surface area contributed by atoms with E-state index in [1.807, 2.05) is 6.92 Å². The van der Waals surface area contributed by atoms with Crippen molar-refractivity contribution in [1.29, 1.82) is 0 Å². The molecule has 0 bridgehead atoms. The summed E-state index contributed by atoms with van der Waals surface area (Å²) in [5.41, 5.74) is 0.464. The first-order chi connectivity index (χ1) is 19.7. The number of nitrogens with one attached hydrogen (secondary N) is 2. The van der Waals surface area contributed by atoms with E-state index in [-0.39, 0.29) is 28.5 Å². The van der Waals surface area contributed by atoms with Gasteiger partial charge in [-0.3, -0.25) is 14.4 Å². The topological polar surface area (TPSA) is 166 Å². The lowest BCUT2D eigenvalue weighted by Crippen LogP contribution is -2.45. The van der Waals surface area contributed by atoms with E-state index in [2.05, 4.69) is 15.2 Å². The van der Waals surface area contributed by atoms with Crippen LogP contribution >= 0.6 is 23.2 Å². The maximum absolute atomic E-state index is 12.8. The number of sulfone groups is 1. The van der Waals surface area contributed by atoms with Crippen LogP contribution in [0.2, 0.25) is 10.0 Å². The molecule has 14 heteroatoms. The first-order valence-electron chi connectivity index (χ1n) is 13.0. The number of hydrogen-bond donors (Lipinski definition) is 4. The Morgan fingerprint density at radius 2 is 1.81 bits per heavy atom. The molecule has 1 aliphatic heterocycles. The molecule has 2 heterocycles. The van der Waals surface area contributed by atoms with Crippen LogP contribution in [0.4, 0.5) is 0 Å². The number of aromatic amines is 1. The summed E-state index contributed by atoms with van der Waals surface area (Å²) in [7, 11) is -3.51. The molecule has 1 fully saturated rings. The summed E-state index contributed by atoms with van der Waals surface area (Å²) in [6.07, 6.45) is 3.04. The summed E-state index contributed by atoms with van der Waals surface area (Å²) < 4.78 is 29.8. The van der Waals surface area contributed by atoms with Crippen LogP contribution in [0.25, 0.3) is 10.8 Å². The Balaban J connectivity index is 0.00000114. The predicted octanol–water partition coefficient (Wildman–Crippen LogP) is 3.27. The van der Waals surface area contributed by atoms with Crippen molar-refractivity contribution in [2.45, 2.75) is 43.8 Å². The van der Waals surface area contributed by atoms with Crippen LogP contribution < -0.4 is 15.6 Å². The van der Waals surface area contributed by atoms with Gasteiger partial charge < -0.3 is 30.2 Å². The highest BCUT2D eigenvalue weighted by Gasteiger charge is 2.24. The van der Waals surface area contributed by atoms with E-state index in [4.69, 9.17) is 37.8 Å². The zero-order valence-corrected chi connectivity index (χ0v) is 25.6. The van der Waals surface area contributed by atoms with E-state index in [0.717, 1.165) is 31.6 Å². The number of benzene rings is 2. The van der Waals surface area contributed by atoms with E-state index in [1.54, 1.807) is 12.1 Å². The van der Waals surface area contributed by atoms with E-state index in [1.165, 1.54) is 24.4 Å². The van der Waals surface area contributed by atoms with Gasteiger partial charge in [0.25, 0.3) is 17.4 Å². The number of aliphatic hydroxyl groups is 1. The van der Waals surface area contributed by atoms with Crippen LogP contribution in [0, 0.1) is 6.92 Å². The fourth-order valence-electron chi connectivity index (χ4n) is 4.44. The number of likely N-dealkylation sites (tertiary alicyclic amines) is 1. The third-order valence-corrected chi connectivity index (χ3v) is 8.62. The Kier molecular flexibility index (Phi) is 11.4. The molecule has 11 nitrogen and oxygen atoms in total. The second kappa shape index (κ2) is 14.3. The molecule has 0 saturated carbocycles. The number of hydrogen-bond acceptors (Lipinski definition) is 8. The number of aliphatic carboxylic acids is 1. The average molecular weight is 643 g/mol. The summed E-state index contributed by atoms with van der Waals surface area (Å²) in [4.78, 5) is 38.6. The second-order valence-electron chi connectivity index (χ2n) is 10.00. The molecule has 0 unspecified atom stereocenters. The van der Waals surface area contributed by atoms with Crippen LogP contribution in [-0.4, -0.2) is 85.0 Å². The van der Waals surface area contributed by atoms with Gasteiger partial charge in [0.05, 0.1) is 21.6 Å². The van der Waals surface area contributed by atoms with Crippen LogP contribution in [0.1, 0.15) is 35.7 Å². The molecule has 4 N–H and O–H groups in total. The highest BCUT2D eigenvalue weighted by atomic mass is 35.5. The van der Waals surface area contributed by atoms with Crippen LogP contribution in [0.15, 0.2) is 46.2 Å². The van der Waals surface area contributed by atoms with Crippen molar-refractivity contribution in [3.8, 4) is 5.75 Å². The SMILES string of the molecule is CC(=O)O.Cc1c(Cl)ccc(OC2CCN(C[C@H](O)CNC(=O)c3c[nH]c(=O)c4cc(S(C)(=O)=O)ccc34)CC2)c1Cl. The van der Waals surface area contributed by atoms with Gasteiger partial charge in [0.2, 0.25) is 0 Å². The van der Waals surface area contributed by atoms with Crippen LogP contribution in [0.3, 0.4) is 0 Å². The molecule has 42 heavy (non-hydrogen) atoms. The monoisotopic (exact) mass is 641 g/mol. The second-order valence-corrected chi connectivity index (χ2v) is 12.8. The third kappa shape index (κ3) is 8.92. The predicted molar refractivity (Wildman–Crippen MR) is 161 cm³/mol. The summed E-state index contributed by atoms with van der Waals surface area (Å²) in [6.45, 7) is 4.74. The van der Waals surface area contributed by atoms with Gasteiger partial charge in [-0.1, -0.05) is 29.3 Å². The minimum absolute atomic E-state index is 0.00194. The Bertz CT molecular complexity index is 1620. The summed E-state index contributed by atoms with van der Waals surface area (Å²) in [5, 5.41) is 22.2. The maximum Gasteiger partial charge on any atom is 0.300 e. The van der Waals surface area contributed by atoms with Crippen molar-refractivity contribution in [2.75, 3.05) is 32.4 Å². The number of aromatic nitrogens is 1. The van der Waals surface area contributed by atoms with Gasteiger partial charge in [0.1, 0.15) is 11.9 Å². The van der Waals surface area contributed by atoms with Crippen molar-refractivity contribution in [3.63, 3.8) is 0 Å². The Hall–Kier alpha value is -3.16. The van der Waals surface area contributed by atoms with Gasteiger partial charge in [-0.2, -0.15) is 0 Å². The van der Waals surface area contributed by atoms with E-state index < -0.39 is 33.4 Å². The molecule has 1 amide bonds. The average Bonchev–Trinajstić information content (AvgIpc) is 2.92. The standard InChI is InChI=1S/C26H29Cl2N3O6S.C2H4O2/c1-15-22(27)5-6-23(24(15)28)37-17-7-9-31(10-8-17)14-16(32)12-29-26(34)21-13-30-25(33)20-11-18(38(2,35)36)3-4-19(20)21;1-2(3)4/h3-6,11,13,16-17,32H,7-10,12,14H2,1-2H3,(H,29,34)(H,30,33);1H3,(H,3,4)/t16-;/m1./s1. The molecule has 0 radical (unpaired) electrons. The highest BCUT2D eigenvalue weighted by Crippen LogP contribution is 2.34. The van der Waals surface area contributed by atoms with E-state index in [0.29, 0.717) is 40.8 Å². The molecule has 1 aliphatic rings. The number of pyridine rings is 1. The number of carboxylic acids is 1. The van der Waals surface area contributed by atoms with Crippen molar-refractivity contribution >= 4 is 55.7 Å². The van der Waals surface area contributed by atoms with Crippen molar-refractivity contribution in [2.24, 2.45) is 0 Å². The van der Waals surface area contributed by atoms with Crippen molar-refractivity contribution in [1.82, 2.24) is 15.2 Å². The molecule has 228 valence electrons. The number of H-pyrrole nitrogens is 1. The lowest BCUT2D eigenvalue weighted by Gasteiger charge is -2.33. The number of carbonyl (C=O) groups is 2. The fourth-order valence-corrected chi connectivity index (χ4v) is 5.51. The summed E-state index contributed by atoms with van der Waals surface area (Å²) >= 11 is 12.5. The number of rotatable bonds is 8. The van der Waals surface area contributed by atoms with E-state index >= 15 is 0 Å². The molecule has 1 aromatic heterocycles. The fraction of sp³-hybridized carbons (Fsp3) is 0.393. The Morgan fingerprint density at radius 1 is 1.17 bits per heavy atom. The first kappa shape index (κ1) is 33.3. The molecule has 3 aromatic rings. The molecule has 1 atom stereocenters. The molecular formula is C28H33Cl2N3O8S. The number of amides is 1. The number of ether oxygens (including phenoxy) is 1. The molecule has 1 saturated heterocycles. The van der Waals surface area contributed by atoms with Gasteiger partial charge in [-0.25, -0.2) is 8.42 Å². The zero-order valence-electron chi connectivity index (χ0n) is 23.3. The van der Waals surface area contributed by atoms with Gasteiger partial charge in [0.15, 0.2) is 9.84 Å². The Morgan fingerprint density at radius 3 is 2.43 bits per heavy atom. The number of fused-ring (bicyclic) bond motifs is 1. The molecule has 0 spiro atoms. The Labute approximate surface area is 253 Å². The number of piperidine rings is 1. The normalized spacial score (nSPS) is 15.0. The summed E-state index contributed by atoms with van der Waals surface area (Å²) in [6, 6.07) is 7.59. The lowest BCUT2D eigenvalue weighted by molar-refractivity contribution is -0.134. The largest absolute Gasteiger partial charge is 0.489 e. The minimum Gasteiger partial charge on any atom is -0.489 e. The number of aliphatic hydroxyl groups excluding tert-OH is 1. The zero-order chi connectivity index (χ0) is 31.2. The lowest BCUT2D eigenvalue weighted by atomic mass is 10.1. The number of carboxylic acid groups (broad SMARTS) is 1. The highest BCUT2D eigenvalue weighted by molar-refractivity contribution is 7.90. The van der Waals surface area contributed by atoms with Gasteiger partial charge >= 0.3 is 0 Å². The van der Waals surface area contributed by atoms with Gasteiger partial charge in [-0.15, -0.1) is 0 Å². The maximum atomic E-state index is 12.8. The van der Waals surface area contributed by atoms with Gasteiger partial charge in [0, 0.05) is 61.4 Å². The van der Waals surface area contributed by atoms with Crippen molar-refractivity contribution < 1.29 is 33.0 Å². The third-order valence-electron chi connectivity index (χ3n) is 6.63. The quantitative estimate of drug-likeness (QED) is 0.289. The molecule has 2 aromatic carbocycles. The summed E-state index contributed by atoms with van der Waals surface area (Å²) in [5.74, 6) is -0.711. The molecular weight excluding hydrogens is 609 g/mol.